The van der Waals surface area contributed by atoms with Gasteiger partial charge in [-0.25, -0.2) is 0 Å². The van der Waals surface area contributed by atoms with E-state index < -0.39 is 0 Å². The molecule has 1 aromatic heterocycles. The maximum Gasteiger partial charge on any atom is 0.191 e. The lowest BCUT2D eigenvalue weighted by molar-refractivity contribution is 0.00937. The van der Waals surface area contributed by atoms with Gasteiger partial charge in [0.25, 0.3) is 0 Å². The molecule has 152 valence electrons. The van der Waals surface area contributed by atoms with Gasteiger partial charge in [0.15, 0.2) is 5.96 Å². The third kappa shape index (κ3) is 6.54. The van der Waals surface area contributed by atoms with Gasteiger partial charge < -0.3 is 19.9 Å². The zero-order valence-electron chi connectivity index (χ0n) is 17.0. The highest BCUT2D eigenvalue weighted by Crippen LogP contribution is 2.37. The fourth-order valence-corrected chi connectivity index (χ4v) is 4.31. The maximum absolute atomic E-state index is 5.54. The van der Waals surface area contributed by atoms with Crippen LogP contribution in [0.1, 0.15) is 39.0 Å². The van der Waals surface area contributed by atoms with Gasteiger partial charge in [0.2, 0.25) is 0 Å². The second-order valence-electron chi connectivity index (χ2n) is 7.99. The third-order valence-corrected chi connectivity index (χ3v) is 5.82. The van der Waals surface area contributed by atoms with E-state index in [0.29, 0.717) is 5.41 Å². The van der Waals surface area contributed by atoms with E-state index in [4.69, 9.17) is 9.73 Å². The normalized spacial score (nSPS) is 21.1. The Kier molecular flexibility index (Phi) is 8.02. The maximum atomic E-state index is 5.54. The summed E-state index contributed by atoms with van der Waals surface area (Å²) in [7, 11) is 0. The van der Waals surface area contributed by atoms with Gasteiger partial charge in [0.05, 0.1) is 13.2 Å². The first-order valence-electron chi connectivity index (χ1n) is 10.7. The fraction of sp³-hybridized carbons (Fsp3) is 0.762. The summed E-state index contributed by atoms with van der Waals surface area (Å²) in [5, 5.41) is 6.92. The molecule has 1 aromatic rings. The molecule has 1 saturated carbocycles. The Bertz CT molecular complexity index is 545. The number of hydrogen-bond donors (Lipinski definition) is 2. The van der Waals surface area contributed by atoms with E-state index >= 15 is 0 Å². The predicted octanol–water partition coefficient (Wildman–Crippen LogP) is 2.33. The summed E-state index contributed by atoms with van der Waals surface area (Å²) in [6.07, 6.45) is 10.9. The lowest BCUT2D eigenvalue weighted by Crippen LogP contribution is -2.47. The van der Waals surface area contributed by atoms with Gasteiger partial charge in [-0.2, -0.15) is 0 Å². The molecule has 6 heteroatoms. The van der Waals surface area contributed by atoms with E-state index in [1.807, 2.05) is 0 Å². The lowest BCUT2D eigenvalue weighted by Gasteiger charge is -2.41. The SMILES string of the molecule is CCNC(=NCC1(CN2CCOCC2)CCCCC1)NCCn1cccc1. The van der Waals surface area contributed by atoms with Crippen LogP contribution in [0, 0.1) is 5.41 Å². The molecule has 2 N–H and O–H groups in total. The first kappa shape index (κ1) is 20.2. The zero-order valence-corrected chi connectivity index (χ0v) is 17.0. The number of rotatable bonds is 8. The molecule has 27 heavy (non-hydrogen) atoms. The van der Waals surface area contributed by atoms with E-state index in [2.05, 4.69) is 51.6 Å². The molecule has 0 atom stereocenters. The van der Waals surface area contributed by atoms with Gasteiger partial charge in [-0.3, -0.25) is 9.89 Å². The Labute approximate surface area is 164 Å². The number of aromatic nitrogens is 1. The smallest absolute Gasteiger partial charge is 0.191 e. The Morgan fingerprint density at radius 1 is 1.07 bits per heavy atom. The van der Waals surface area contributed by atoms with Crippen molar-refractivity contribution < 1.29 is 4.74 Å². The highest BCUT2D eigenvalue weighted by molar-refractivity contribution is 5.79. The van der Waals surface area contributed by atoms with Crippen LogP contribution < -0.4 is 10.6 Å². The molecule has 2 aliphatic rings. The largest absolute Gasteiger partial charge is 0.379 e. The van der Waals surface area contributed by atoms with Crippen molar-refractivity contribution in [3.8, 4) is 0 Å². The predicted molar refractivity (Wildman–Crippen MR) is 111 cm³/mol. The summed E-state index contributed by atoms with van der Waals surface area (Å²) in [5.41, 5.74) is 0.332. The molecule has 2 fully saturated rings. The summed E-state index contributed by atoms with van der Waals surface area (Å²) < 4.78 is 7.73. The molecule has 0 bridgehead atoms. The highest BCUT2D eigenvalue weighted by atomic mass is 16.5. The average molecular weight is 376 g/mol. The van der Waals surface area contributed by atoms with E-state index in [-0.39, 0.29) is 0 Å². The monoisotopic (exact) mass is 375 g/mol. The Morgan fingerprint density at radius 3 is 2.52 bits per heavy atom. The molecule has 0 spiro atoms. The molecule has 0 amide bonds. The van der Waals surface area contributed by atoms with Crippen molar-refractivity contribution in [3.63, 3.8) is 0 Å². The van der Waals surface area contributed by atoms with Crippen molar-refractivity contribution in [2.45, 2.75) is 45.6 Å². The molecular formula is C21H37N5O. The lowest BCUT2D eigenvalue weighted by atomic mass is 9.73. The molecule has 0 aromatic carbocycles. The van der Waals surface area contributed by atoms with Crippen LogP contribution in [0.3, 0.4) is 0 Å². The minimum atomic E-state index is 0.332. The molecule has 6 nitrogen and oxygen atoms in total. The minimum absolute atomic E-state index is 0.332. The summed E-state index contributed by atoms with van der Waals surface area (Å²) in [5.74, 6) is 0.955. The van der Waals surface area contributed by atoms with Gasteiger partial charge >= 0.3 is 0 Å². The van der Waals surface area contributed by atoms with Crippen LogP contribution in [0.15, 0.2) is 29.5 Å². The third-order valence-electron chi connectivity index (χ3n) is 5.82. The quantitative estimate of drug-likeness (QED) is 0.541. The van der Waals surface area contributed by atoms with Crippen LogP contribution >= 0.6 is 0 Å². The second-order valence-corrected chi connectivity index (χ2v) is 7.99. The summed E-state index contributed by atoms with van der Waals surface area (Å²) >= 11 is 0. The van der Waals surface area contributed by atoms with E-state index in [1.165, 1.54) is 38.6 Å². The van der Waals surface area contributed by atoms with Crippen molar-refractivity contribution in [2.24, 2.45) is 10.4 Å². The number of guanidine groups is 1. The molecule has 1 aliphatic carbocycles. The van der Waals surface area contributed by atoms with Gasteiger partial charge in [-0.15, -0.1) is 0 Å². The number of ether oxygens (including phenoxy) is 1. The van der Waals surface area contributed by atoms with Crippen LogP contribution in [0.4, 0.5) is 0 Å². The second kappa shape index (κ2) is 10.7. The molecule has 0 radical (unpaired) electrons. The summed E-state index contributed by atoms with van der Waals surface area (Å²) in [6, 6.07) is 4.13. The zero-order chi connectivity index (χ0) is 18.8. The van der Waals surface area contributed by atoms with Crippen LogP contribution in [0.25, 0.3) is 0 Å². The van der Waals surface area contributed by atoms with Crippen LogP contribution in [0.2, 0.25) is 0 Å². The first-order valence-corrected chi connectivity index (χ1v) is 10.7. The fourth-order valence-electron chi connectivity index (χ4n) is 4.31. The number of nitrogens with one attached hydrogen (secondary N) is 2. The average Bonchev–Trinajstić information content (AvgIpc) is 3.21. The standard InChI is InChI=1S/C21H37N5O/c1-2-22-20(23-10-13-25-11-6-7-12-25)24-18-21(8-4-3-5-9-21)19-26-14-16-27-17-15-26/h6-7,11-12H,2-5,8-10,13-19H2,1H3,(H2,22,23,24). The molecule has 2 heterocycles. The van der Waals surface area contributed by atoms with Crippen molar-refractivity contribution >= 4 is 5.96 Å². The van der Waals surface area contributed by atoms with Crippen molar-refractivity contribution in [3.05, 3.63) is 24.5 Å². The Hall–Kier alpha value is -1.53. The van der Waals surface area contributed by atoms with Crippen LogP contribution in [-0.2, 0) is 11.3 Å². The van der Waals surface area contributed by atoms with E-state index in [1.54, 1.807) is 0 Å². The number of aliphatic imine (C=N–C) groups is 1. The van der Waals surface area contributed by atoms with Gasteiger partial charge in [-0.05, 0) is 31.9 Å². The summed E-state index contributed by atoms with van der Waals surface area (Å²) in [4.78, 5) is 7.61. The Balaban J connectivity index is 1.57. The molecular weight excluding hydrogens is 338 g/mol. The molecule has 1 aliphatic heterocycles. The first-order chi connectivity index (χ1) is 13.3. The van der Waals surface area contributed by atoms with Gasteiger partial charge in [0, 0.05) is 63.6 Å². The van der Waals surface area contributed by atoms with Gasteiger partial charge in [-0.1, -0.05) is 19.3 Å². The van der Waals surface area contributed by atoms with E-state index in [0.717, 1.165) is 58.4 Å². The number of nitrogens with zero attached hydrogens (tertiary/aromatic N) is 3. The van der Waals surface area contributed by atoms with Crippen molar-refractivity contribution in [2.75, 3.05) is 52.5 Å². The minimum Gasteiger partial charge on any atom is -0.379 e. The van der Waals surface area contributed by atoms with Crippen LogP contribution in [0.5, 0.6) is 0 Å². The Morgan fingerprint density at radius 2 is 1.81 bits per heavy atom. The number of hydrogen-bond acceptors (Lipinski definition) is 3. The molecule has 1 saturated heterocycles. The van der Waals surface area contributed by atoms with Gasteiger partial charge in [0.1, 0.15) is 0 Å². The van der Waals surface area contributed by atoms with Crippen molar-refractivity contribution in [1.82, 2.24) is 20.1 Å². The molecule has 0 unspecified atom stereocenters. The van der Waals surface area contributed by atoms with E-state index in [9.17, 15) is 0 Å². The summed E-state index contributed by atoms with van der Waals surface area (Å²) in [6.45, 7) is 10.9. The van der Waals surface area contributed by atoms with Crippen LogP contribution in [-0.4, -0.2) is 67.9 Å². The van der Waals surface area contributed by atoms with Crippen molar-refractivity contribution in [1.29, 1.82) is 0 Å². The topological polar surface area (TPSA) is 53.8 Å². The highest BCUT2D eigenvalue weighted by Gasteiger charge is 2.34. The number of morpholine rings is 1. The molecule has 3 rings (SSSR count).